The van der Waals surface area contributed by atoms with Crippen LogP contribution in [-0.4, -0.2) is 27.7 Å². The van der Waals surface area contributed by atoms with Crippen LogP contribution in [0.2, 0.25) is 5.15 Å². The van der Waals surface area contributed by atoms with E-state index in [1.807, 2.05) is 6.92 Å². The van der Waals surface area contributed by atoms with Crippen molar-refractivity contribution in [1.29, 1.82) is 0 Å². The average Bonchev–Trinajstić information content (AvgIpc) is 2.15. The molecule has 0 fully saturated rings. The van der Waals surface area contributed by atoms with Crippen molar-refractivity contribution in [2.45, 2.75) is 25.9 Å². The number of aliphatic hydroxyl groups excluding tert-OH is 1. The quantitative estimate of drug-likeness (QED) is 0.785. The molecule has 0 aliphatic heterocycles. The van der Waals surface area contributed by atoms with Gasteiger partial charge in [0.2, 0.25) is 0 Å². The highest BCUT2D eigenvalue weighted by Gasteiger charge is 2.02. The van der Waals surface area contributed by atoms with Gasteiger partial charge in [-0.1, -0.05) is 24.9 Å². The van der Waals surface area contributed by atoms with Gasteiger partial charge in [0.1, 0.15) is 11.0 Å². The van der Waals surface area contributed by atoms with E-state index in [-0.39, 0.29) is 6.10 Å². The molecule has 1 aromatic rings. The molecule has 0 aromatic carbocycles. The van der Waals surface area contributed by atoms with Crippen LogP contribution in [-0.2, 0) is 0 Å². The van der Waals surface area contributed by atoms with Crippen molar-refractivity contribution >= 4 is 17.4 Å². The van der Waals surface area contributed by atoms with Crippen molar-refractivity contribution in [1.82, 2.24) is 9.97 Å². The van der Waals surface area contributed by atoms with Gasteiger partial charge in [0, 0.05) is 6.54 Å². The molecule has 5 heteroatoms. The van der Waals surface area contributed by atoms with Gasteiger partial charge in [0.05, 0.1) is 18.5 Å². The zero-order valence-electron chi connectivity index (χ0n) is 8.07. The lowest BCUT2D eigenvalue weighted by Gasteiger charge is -2.10. The van der Waals surface area contributed by atoms with Gasteiger partial charge in [-0.05, 0) is 6.42 Å². The summed E-state index contributed by atoms with van der Waals surface area (Å²) in [6.45, 7) is 2.51. The molecule has 0 spiro atoms. The molecule has 1 unspecified atom stereocenters. The highest BCUT2D eigenvalue weighted by molar-refractivity contribution is 6.29. The van der Waals surface area contributed by atoms with Crippen LogP contribution in [0.5, 0.6) is 0 Å². The zero-order valence-corrected chi connectivity index (χ0v) is 8.83. The third kappa shape index (κ3) is 3.89. The van der Waals surface area contributed by atoms with E-state index in [0.717, 1.165) is 12.8 Å². The van der Waals surface area contributed by atoms with Crippen molar-refractivity contribution in [2.75, 3.05) is 11.9 Å². The minimum Gasteiger partial charge on any atom is -0.391 e. The van der Waals surface area contributed by atoms with Gasteiger partial charge in [-0.2, -0.15) is 0 Å². The van der Waals surface area contributed by atoms with Crippen LogP contribution in [0.4, 0.5) is 5.82 Å². The molecule has 1 rings (SSSR count). The smallest absolute Gasteiger partial charge is 0.149 e. The van der Waals surface area contributed by atoms with Gasteiger partial charge in [-0.15, -0.1) is 0 Å². The monoisotopic (exact) mass is 215 g/mol. The van der Waals surface area contributed by atoms with Gasteiger partial charge in [-0.3, -0.25) is 4.98 Å². The second-order valence-corrected chi connectivity index (χ2v) is 3.44. The number of anilines is 1. The van der Waals surface area contributed by atoms with Gasteiger partial charge in [-0.25, -0.2) is 4.98 Å². The minimum absolute atomic E-state index is 0.346. The third-order valence-corrected chi connectivity index (χ3v) is 1.93. The summed E-state index contributed by atoms with van der Waals surface area (Å²) in [5, 5.41) is 12.7. The van der Waals surface area contributed by atoms with Gasteiger partial charge < -0.3 is 10.4 Å². The molecule has 0 saturated carbocycles. The molecule has 0 aliphatic carbocycles. The Kier molecular flexibility index (Phi) is 4.62. The second-order valence-electron chi connectivity index (χ2n) is 3.05. The summed E-state index contributed by atoms with van der Waals surface area (Å²) in [4.78, 5) is 7.86. The summed E-state index contributed by atoms with van der Waals surface area (Å²) in [5.41, 5.74) is 0. The first-order chi connectivity index (χ1) is 6.72. The lowest BCUT2D eigenvalue weighted by atomic mass is 10.2. The third-order valence-electron chi connectivity index (χ3n) is 1.75. The van der Waals surface area contributed by atoms with Gasteiger partial charge in [0.25, 0.3) is 0 Å². The lowest BCUT2D eigenvalue weighted by Crippen LogP contribution is -2.19. The molecular formula is C9H14ClN3O. The molecular weight excluding hydrogens is 202 g/mol. The van der Waals surface area contributed by atoms with E-state index in [4.69, 9.17) is 11.6 Å². The maximum Gasteiger partial charge on any atom is 0.149 e. The zero-order chi connectivity index (χ0) is 10.4. The minimum atomic E-state index is -0.346. The van der Waals surface area contributed by atoms with Crippen molar-refractivity contribution < 1.29 is 5.11 Å². The number of halogens is 1. The summed E-state index contributed by atoms with van der Waals surface area (Å²) < 4.78 is 0. The molecule has 0 bridgehead atoms. The molecule has 1 aromatic heterocycles. The number of hydrogen-bond acceptors (Lipinski definition) is 4. The maximum absolute atomic E-state index is 9.44. The van der Waals surface area contributed by atoms with E-state index in [1.54, 1.807) is 6.20 Å². The van der Waals surface area contributed by atoms with Crippen LogP contribution < -0.4 is 5.32 Å². The number of aromatic nitrogens is 2. The van der Waals surface area contributed by atoms with Crippen molar-refractivity contribution in [3.05, 3.63) is 17.5 Å². The Morgan fingerprint density at radius 3 is 3.00 bits per heavy atom. The average molecular weight is 216 g/mol. The Labute approximate surface area is 88.3 Å². The van der Waals surface area contributed by atoms with E-state index < -0.39 is 0 Å². The first kappa shape index (κ1) is 11.2. The largest absolute Gasteiger partial charge is 0.391 e. The fourth-order valence-electron chi connectivity index (χ4n) is 1.09. The van der Waals surface area contributed by atoms with E-state index in [1.165, 1.54) is 6.20 Å². The van der Waals surface area contributed by atoms with Crippen LogP contribution in [0.1, 0.15) is 19.8 Å². The molecule has 4 nitrogen and oxygen atoms in total. The Balaban J connectivity index is 2.37. The molecule has 0 radical (unpaired) electrons. The van der Waals surface area contributed by atoms with Crippen LogP contribution in [0.3, 0.4) is 0 Å². The summed E-state index contributed by atoms with van der Waals surface area (Å²) in [7, 11) is 0. The van der Waals surface area contributed by atoms with E-state index in [2.05, 4.69) is 15.3 Å². The fourth-order valence-corrected chi connectivity index (χ4v) is 1.23. The van der Waals surface area contributed by atoms with Crippen LogP contribution in [0, 0.1) is 0 Å². The Morgan fingerprint density at radius 2 is 2.36 bits per heavy atom. The van der Waals surface area contributed by atoms with Crippen LogP contribution in [0.15, 0.2) is 12.4 Å². The standard InChI is InChI=1S/C9H14ClN3O/c1-2-3-7(14)4-12-9-6-11-5-8(10)13-9/h5-7,14H,2-4H2,1H3,(H,12,13). The Hall–Kier alpha value is -0.870. The van der Waals surface area contributed by atoms with Gasteiger partial charge in [0.15, 0.2) is 0 Å². The molecule has 0 aliphatic rings. The van der Waals surface area contributed by atoms with Crippen molar-refractivity contribution in [2.24, 2.45) is 0 Å². The van der Waals surface area contributed by atoms with Crippen LogP contribution >= 0.6 is 11.6 Å². The van der Waals surface area contributed by atoms with Crippen LogP contribution in [0.25, 0.3) is 0 Å². The maximum atomic E-state index is 9.44. The predicted octanol–water partition coefficient (Wildman–Crippen LogP) is 1.70. The van der Waals surface area contributed by atoms with Crippen molar-refractivity contribution in [3.63, 3.8) is 0 Å². The molecule has 0 saturated heterocycles. The number of rotatable bonds is 5. The number of aliphatic hydroxyl groups is 1. The summed E-state index contributed by atoms with van der Waals surface area (Å²) in [6.07, 6.45) is 4.44. The number of hydrogen-bond donors (Lipinski definition) is 2. The molecule has 2 N–H and O–H groups in total. The molecule has 1 atom stereocenters. The molecule has 14 heavy (non-hydrogen) atoms. The topological polar surface area (TPSA) is 58.0 Å². The summed E-state index contributed by atoms with van der Waals surface area (Å²) in [5.74, 6) is 0.590. The summed E-state index contributed by atoms with van der Waals surface area (Å²) >= 11 is 5.65. The fraction of sp³-hybridized carbons (Fsp3) is 0.556. The predicted molar refractivity (Wildman–Crippen MR) is 56.4 cm³/mol. The Bertz CT molecular complexity index is 283. The molecule has 78 valence electrons. The highest BCUT2D eigenvalue weighted by Crippen LogP contribution is 2.07. The van der Waals surface area contributed by atoms with E-state index in [9.17, 15) is 5.11 Å². The van der Waals surface area contributed by atoms with Crippen molar-refractivity contribution in [3.8, 4) is 0 Å². The molecule has 1 heterocycles. The molecule has 0 amide bonds. The lowest BCUT2D eigenvalue weighted by molar-refractivity contribution is 0.176. The highest BCUT2D eigenvalue weighted by atomic mass is 35.5. The van der Waals surface area contributed by atoms with Gasteiger partial charge >= 0.3 is 0 Å². The second kappa shape index (κ2) is 5.78. The van der Waals surface area contributed by atoms with E-state index >= 15 is 0 Å². The summed E-state index contributed by atoms with van der Waals surface area (Å²) in [6, 6.07) is 0. The number of nitrogens with zero attached hydrogens (tertiary/aromatic N) is 2. The van der Waals surface area contributed by atoms with E-state index in [0.29, 0.717) is 17.5 Å². The Morgan fingerprint density at radius 1 is 1.57 bits per heavy atom. The SMILES string of the molecule is CCCC(O)CNc1cncc(Cl)n1. The normalized spacial score (nSPS) is 12.5. The number of nitrogens with one attached hydrogen (secondary N) is 1. The first-order valence-electron chi connectivity index (χ1n) is 4.62. The first-order valence-corrected chi connectivity index (χ1v) is 4.99.